The van der Waals surface area contributed by atoms with Gasteiger partial charge in [0.15, 0.2) is 0 Å². The third-order valence-electron chi connectivity index (χ3n) is 3.08. The monoisotopic (exact) mass is 336 g/mol. The molecule has 0 aromatic heterocycles. The molecule has 7 N–H and O–H groups in total. The van der Waals surface area contributed by atoms with Crippen molar-refractivity contribution < 1.29 is 24.3 Å². The zero-order valence-electron chi connectivity index (χ0n) is 12.9. The van der Waals surface area contributed by atoms with E-state index < -0.39 is 48.7 Å². The number of aliphatic carboxylic acids is 1. The molecule has 9 nitrogen and oxygen atoms in total. The predicted molar refractivity (Wildman–Crippen MR) is 84.5 cm³/mol. The van der Waals surface area contributed by atoms with E-state index >= 15 is 0 Å². The van der Waals surface area contributed by atoms with Gasteiger partial charge in [-0.15, -0.1) is 0 Å². The fourth-order valence-corrected chi connectivity index (χ4v) is 1.92. The Balaban J connectivity index is 2.66. The molecule has 0 spiro atoms. The summed E-state index contributed by atoms with van der Waals surface area (Å²) < 4.78 is 0. The van der Waals surface area contributed by atoms with Crippen molar-refractivity contribution >= 4 is 23.7 Å². The van der Waals surface area contributed by atoms with Gasteiger partial charge in [-0.1, -0.05) is 30.3 Å². The molecule has 24 heavy (non-hydrogen) atoms. The molecule has 0 bridgehead atoms. The van der Waals surface area contributed by atoms with Crippen LogP contribution >= 0.6 is 0 Å². The summed E-state index contributed by atoms with van der Waals surface area (Å²) in [6.07, 6.45) is -0.413. The fourth-order valence-electron chi connectivity index (χ4n) is 1.92. The minimum atomic E-state index is -1.35. The average molecular weight is 336 g/mol. The van der Waals surface area contributed by atoms with Crippen molar-refractivity contribution in [1.82, 2.24) is 10.6 Å². The first kappa shape index (κ1) is 19.1. The van der Waals surface area contributed by atoms with Crippen LogP contribution in [-0.2, 0) is 25.6 Å². The number of hydrogen-bond acceptors (Lipinski definition) is 5. The van der Waals surface area contributed by atoms with Crippen LogP contribution in [0.25, 0.3) is 0 Å². The molecule has 1 aromatic rings. The minimum absolute atomic E-state index is 0.232. The highest BCUT2D eigenvalue weighted by Gasteiger charge is 2.26. The summed E-state index contributed by atoms with van der Waals surface area (Å²) in [6.45, 7) is -0.457. The lowest BCUT2D eigenvalue weighted by Gasteiger charge is -2.19. The van der Waals surface area contributed by atoms with Crippen molar-refractivity contribution in [3.05, 3.63) is 35.9 Å². The number of carbonyl (C=O) groups is 4. The number of primary amides is 1. The van der Waals surface area contributed by atoms with E-state index in [4.69, 9.17) is 16.6 Å². The van der Waals surface area contributed by atoms with Crippen LogP contribution in [0.3, 0.4) is 0 Å². The van der Waals surface area contributed by atoms with E-state index in [-0.39, 0.29) is 6.42 Å². The summed E-state index contributed by atoms with van der Waals surface area (Å²) in [5, 5.41) is 13.3. The van der Waals surface area contributed by atoms with Gasteiger partial charge in [0.2, 0.25) is 17.7 Å². The van der Waals surface area contributed by atoms with Crippen LogP contribution in [-0.4, -0.2) is 47.4 Å². The van der Waals surface area contributed by atoms with Gasteiger partial charge in [-0.3, -0.25) is 19.2 Å². The van der Waals surface area contributed by atoms with Crippen molar-refractivity contribution in [3.63, 3.8) is 0 Å². The molecular formula is C15H20N4O5. The summed E-state index contributed by atoms with van der Waals surface area (Å²) in [7, 11) is 0. The molecule has 0 saturated carbocycles. The van der Waals surface area contributed by atoms with E-state index in [9.17, 15) is 19.2 Å². The molecule has 2 atom stereocenters. The topological polar surface area (TPSA) is 165 Å². The van der Waals surface area contributed by atoms with Crippen LogP contribution in [0.2, 0.25) is 0 Å². The maximum atomic E-state index is 12.1. The molecule has 0 aliphatic heterocycles. The second kappa shape index (κ2) is 9.26. The molecule has 130 valence electrons. The van der Waals surface area contributed by atoms with Gasteiger partial charge in [-0.2, -0.15) is 0 Å². The maximum absolute atomic E-state index is 12.1. The van der Waals surface area contributed by atoms with Crippen LogP contribution in [0.5, 0.6) is 0 Å². The number of hydrogen-bond donors (Lipinski definition) is 5. The first-order chi connectivity index (χ1) is 11.3. The highest BCUT2D eigenvalue weighted by molar-refractivity contribution is 5.93. The molecule has 0 radical (unpaired) electrons. The Morgan fingerprint density at radius 1 is 1.08 bits per heavy atom. The summed E-state index contributed by atoms with van der Waals surface area (Å²) >= 11 is 0. The van der Waals surface area contributed by atoms with Gasteiger partial charge in [0.1, 0.15) is 6.04 Å². The Labute approximate surface area is 138 Å². The van der Waals surface area contributed by atoms with Crippen LogP contribution in [0.4, 0.5) is 0 Å². The van der Waals surface area contributed by atoms with E-state index in [1.165, 1.54) is 0 Å². The molecule has 0 unspecified atom stereocenters. The lowest BCUT2D eigenvalue weighted by Crippen LogP contribution is -2.53. The summed E-state index contributed by atoms with van der Waals surface area (Å²) in [5.74, 6) is -3.56. The van der Waals surface area contributed by atoms with E-state index in [0.29, 0.717) is 0 Å². The van der Waals surface area contributed by atoms with Crippen LogP contribution in [0.15, 0.2) is 30.3 Å². The Morgan fingerprint density at radius 3 is 2.25 bits per heavy atom. The van der Waals surface area contributed by atoms with Crippen molar-refractivity contribution in [3.8, 4) is 0 Å². The maximum Gasteiger partial charge on any atom is 0.305 e. The average Bonchev–Trinajstić information content (AvgIpc) is 2.52. The second-order valence-corrected chi connectivity index (χ2v) is 5.14. The lowest BCUT2D eigenvalue weighted by atomic mass is 10.1. The Kier molecular flexibility index (Phi) is 7.37. The van der Waals surface area contributed by atoms with Gasteiger partial charge in [-0.25, -0.2) is 0 Å². The van der Waals surface area contributed by atoms with Crippen molar-refractivity contribution in [2.75, 3.05) is 6.54 Å². The summed E-state index contributed by atoms with van der Waals surface area (Å²) in [6, 6.07) is 6.70. The molecule has 0 aliphatic carbocycles. The minimum Gasteiger partial charge on any atom is -0.481 e. The number of nitrogens with one attached hydrogen (secondary N) is 2. The molecule has 3 amide bonds. The summed E-state index contributed by atoms with van der Waals surface area (Å²) in [5.41, 5.74) is 11.5. The van der Waals surface area contributed by atoms with Crippen LogP contribution < -0.4 is 22.1 Å². The van der Waals surface area contributed by atoms with Crippen LogP contribution in [0, 0.1) is 0 Å². The fraction of sp³-hybridized carbons (Fsp3) is 0.333. The first-order valence-corrected chi connectivity index (χ1v) is 7.17. The van der Waals surface area contributed by atoms with Gasteiger partial charge in [0, 0.05) is 0 Å². The Hall–Kier alpha value is -2.94. The number of carboxylic acid groups (broad SMARTS) is 1. The highest BCUT2D eigenvalue weighted by Crippen LogP contribution is 2.03. The quantitative estimate of drug-likeness (QED) is 0.354. The van der Waals surface area contributed by atoms with E-state index in [1.807, 2.05) is 6.07 Å². The summed E-state index contributed by atoms with van der Waals surface area (Å²) in [4.78, 5) is 45.4. The molecule has 1 aromatic carbocycles. The van der Waals surface area contributed by atoms with E-state index in [2.05, 4.69) is 10.6 Å². The zero-order valence-corrected chi connectivity index (χ0v) is 12.9. The molecule has 9 heteroatoms. The van der Waals surface area contributed by atoms with Gasteiger partial charge >= 0.3 is 5.97 Å². The van der Waals surface area contributed by atoms with E-state index in [0.717, 1.165) is 5.56 Å². The number of carbonyl (C=O) groups excluding carboxylic acids is 3. The number of amides is 3. The van der Waals surface area contributed by atoms with Crippen molar-refractivity contribution in [2.24, 2.45) is 11.5 Å². The molecule has 0 saturated heterocycles. The molecule has 0 heterocycles. The van der Waals surface area contributed by atoms with Crippen LogP contribution in [0.1, 0.15) is 12.0 Å². The number of carboxylic acids is 1. The molecule has 1 rings (SSSR count). The predicted octanol–water partition coefficient (Wildman–Crippen LogP) is -1.88. The van der Waals surface area contributed by atoms with E-state index in [1.54, 1.807) is 24.3 Å². The largest absolute Gasteiger partial charge is 0.481 e. The number of rotatable bonds is 9. The molecular weight excluding hydrogens is 316 g/mol. The number of benzene rings is 1. The van der Waals surface area contributed by atoms with Gasteiger partial charge in [0.05, 0.1) is 19.0 Å². The normalized spacial score (nSPS) is 12.7. The third-order valence-corrected chi connectivity index (χ3v) is 3.08. The Morgan fingerprint density at radius 2 is 1.71 bits per heavy atom. The van der Waals surface area contributed by atoms with Gasteiger partial charge in [0.25, 0.3) is 0 Å². The molecule has 0 aliphatic rings. The van der Waals surface area contributed by atoms with Crippen molar-refractivity contribution in [1.29, 1.82) is 0 Å². The SMILES string of the molecule is NC(=O)CNC(=O)[C@H](CC(=O)O)NC(=O)[C@@H](N)Cc1ccccc1. The highest BCUT2D eigenvalue weighted by atomic mass is 16.4. The standard InChI is InChI=1S/C15H20N4O5/c16-10(6-9-4-2-1-3-5-9)14(23)19-11(7-13(21)22)15(24)18-8-12(17)20/h1-5,10-11H,6-8,16H2,(H2,17,20)(H,18,24)(H,19,23)(H,21,22)/t10-,11-/m0/s1. The smallest absolute Gasteiger partial charge is 0.305 e. The van der Waals surface area contributed by atoms with Crippen molar-refractivity contribution in [2.45, 2.75) is 24.9 Å². The number of nitrogens with two attached hydrogens (primary N) is 2. The second-order valence-electron chi connectivity index (χ2n) is 5.14. The third kappa shape index (κ3) is 6.88. The van der Waals surface area contributed by atoms with Gasteiger partial charge < -0.3 is 27.2 Å². The lowest BCUT2D eigenvalue weighted by molar-refractivity contribution is -0.140. The Bertz CT molecular complexity index is 605. The molecule has 0 fully saturated rings. The van der Waals surface area contributed by atoms with Gasteiger partial charge in [-0.05, 0) is 12.0 Å². The zero-order chi connectivity index (χ0) is 18.1. The first-order valence-electron chi connectivity index (χ1n) is 7.17.